The Morgan fingerprint density at radius 1 is 1.28 bits per heavy atom. The highest BCUT2D eigenvalue weighted by Crippen LogP contribution is 2.36. The zero-order valence-electron chi connectivity index (χ0n) is 14.0. The Morgan fingerprint density at radius 2 is 2.08 bits per heavy atom. The number of hydrogen-bond donors (Lipinski definition) is 2. The molecule has 1 amide bonds. The molecule has 2 fully saturated rings. The van der Waals surface area contributed by atoms with Crippen LogP contribution in [-0.4, -0.2) is 36.2 Å². The zero-order valence-corrected chi connectivity index (χ0v) is 14.8. The van der Waals surface area contributed by atoms with Crippen molar-refractivity contribution in [3.8, 4) is 0 Å². The fourth-order valence-corrected chi connectivity index (χ4v) is 4.29. The number of aromatic amines is 1. The van der Waals surface area contributed by atoms with Crippen LogP contribution in [0.25, 0.3) is 0 Å². The Labute approximate surface area is 149 Å². The van der Waals surface area contributed by atoms with E-state index in [0.717, 1.165) is 31.5 Å². The maximum absolute atomic E-state index is 12.2. The van der Waals surface area contributed by atoms with Gasteiger partial charge in [0.25, 0.3) is 0 Å². The molecule has 9 heteroatoms. The summed E-state index contributed by atoms with van der Waals surface area (Å²) in [5, 5.41) is 14.6. The predicted molar refractivity (Wildman–Crippen MR) is 94.8 cm³/mol. The van der Waals surface area contributed by atoms with Gasteiger partial charge in [-0.1, -0.05) is 24.6 Å². The van der Waals surface area contributed by atoms with Gasteiger partial charge in [0.05, 0.1) is 12.2 Å². The van der Waals surface area contributed by atoms with Crippen LogP contribution in [0.4, 0.5) is 5.82 Å². The Bertz CT molecular complexity index is 800. The number of carbonyl (C=O) groups is 1. The van der Waals surface area contributed by atoms with E-state index in [-0.39, 0.29) is 17.6 Å². The van der Waals surface area contributed by atoms with Gasteiger partial charge in [-0.2, -0.15) is 5.10 Å². The summed E-state index contributed by atoms with van der Waals surface area (Å²) in [5.41, 5.74) is -0.157. The normalized spacial score (nSPS) is 17.9. The third-order valence-electron chi connectivity index (χ3n) is 4.75. The predicted octanol–water partition coefficient (Wildman–Crippen LogP) is 2.34. The van der Waals surface area contributed by atoms with Crippen LogP contribution in [0.15, 0.2) is 22.2 Å². The van der Waals surface area contributed by atoms with Crippen molar-refractivity contribution in [2.45, 2.75) is 62.2 Å². The van der Waals surface area contributed by atoms with Crippen molar-refractivity contribution in [2.75, 3.05) is 11.1 Å². The molecule has 0 aliphatic heterocycles. The van der Waals surface area contributed by atoms with Crippen molar-refractivity contribution in [3.05, 3.63) is 22.7 Å². The summed E-state index contributed by atoms with van der Waals surface area (Å²) in [6.07, 6.45) is 8.85. The molecular formula is C16H22N6O2S. The van der Waals surface area contributed by atoms with Crippen LogP contribution in [0.1, 0.15) is 57.0 Å². The van der Waals surface area contributed by atoms with Crippen molar-refractivity contribution in [1.82, 2.24) is 24.5 Å². The minimum Gasteiger partial charge on any atom is -0.311 e. The number of H-pyrrole nitrogens is 1. The second kappa shape index (κ2) is 7.07. The Hall–Kier alpha value is -2.03. The lowest BCUT2D eigenvalue weighted by Crippen LogP contribution is -2.18. The molecule has 8 nitrogen and oxygen atoms in total. The van der Waals surface area contributed by atoms with Crippen molar-refractivity contribution in [2.24, 2.45) is 0 Å². The molecule has 4 rings (SSSR count). The molecule has 0 bridgehead atoms. The number of anilines is 1. The highest BCUT2D eigenvalue weighted by atomic mass is 32.2. The van der Waals surface area contributed by atoms with E-state index < -0.39 is 0 Å². The van der Waals surface area contributed by atoms with Gasteiger partial charge in [0.1, 0.15) is 5.82 Å². The summed E-state index contributed by atoms with van der Waals surface area (Å²) in [6.45, 7) is 0. The number of thioether (sulfide) groups is 1. The van der Waals surface area contributed by atoms with Crippen LogP contribution in [0.2, 0.25) is 0 Å². The summed E-state index contributed by atoms with van der Waals surface area (Å²) >= 11 is 1.44. The van der Waals surface area contributed by atoms with Gasteiger partial charge in [0.2, 0.25) is 5.91 Å². The third kappa shape index (κ3) is 3.65. The minimum absolute atomic E-state index is 0.0388. The standard InChI is InChI=1S/C16H22N6O2S/c23-14(18-13-7-9-17-22(13)12-3-1-2-4-12)8-10-25-16-20-19-15(24)21(16)11-5-6-11/h7,9,11-12H,1-6,8,10H2,(H,18,23)(H,19,24). The maximum atomic E-state index is 12.2. The first-order valence-corrected chi connectivity index (χ1v) is 9.84. The van der Waals surface area contributed by atoms with E-state index in [1.165, 1.54) is 24.6 Å². The average Bonchev–Trinajstić information content (AvgIpc) is 3.00. The lowest BCUT2D eigenvalue weighted by atomic mass is 10.2. The SMILES string of the molecule is O=C(CCSc1n[nH]c(=O)n1C1CC1)Nc1ccnn1C1CCCC1. The topological polar surface area (TPSA) is 97.6 Å². The van der Waals surface area contributed by atoms with Crippen LogP contribution in [0, 0.1) is 0 Å². The van der Waals surface area contributed by atoms with E-state index in [0.29, 0.717) is 23.4 Å². The fraction of sp³-hybridized carbons (Fsp3) is 0.625. The number of rotatable bonds is 7. The molecule has 134 valence electrons. The fourth-order valence-electron chi connectivity index (χ4n) is 3.34. The smallest absolute Gasteiger partial charge is 0.311 e. The molecule has 0 spiro atoms. The number of carbonyl (C=O) groups excluding carboxylic acids is 1. The average molecular weight is 362 g/mol. The second-order valence-corrected chi connectivity index (χ2v) is 7.72. The summed E-state index contributed by atoms with van der Waals surface area (Å²) in [7, 11) is 0. The van der Waals surface area contributed by atoms with Gasteiger partial charge in [-0.25, -0.2) is 14.6 Å². The van der Waals surface area contributed by atoms with E-state index in [1.54, 1.807) is 10.8 Å². The molecule has 0 radical (unpaired) electrons. The monoisotopic (exact) mass is 362 g/mol. The van der Waals surface area contributed by atoms with E-state index in [9.17, 15) is 9.59 Å². The van der Waals surface area contributed by atoms with Gasteiger partial charge in [0, 0.05) is 24.3 Å². The molecule has 2 heterocycles. The molecule has 2 aliphatic carbocycles. The molecule has 2 N–H and O–H groups in total. The molecule has 0 unspecified atom stereocenters. The van der Waals surface area contributed by atoms with Gasteiger partial charge < -0.3 is 5.32 Å². The summed E-state index contributed by atoms with van der Waals surface area (Å²) in [6, 6.07) is 2.53. The molecule has 0 saturated heterocycles. The first-order chi connectivity index (χ1) is 12.2. The molecule has 0 atom stereocenters. The Balaban J connectivity index is 1.30. The Morgan fingerprint density at radius 3 is 2.84 bits per heavy atom. The largest absolute Gasteiger partial charge is 0.344 e. The summed E-state index contributed by atoms with van der Waals surface area (Å²) in [4.78, 5) is 24.0. The molecule has 2 saturated carbocycles. The highest BCUT2D eigenvalue weighted by Gasteiger charge is 2.28. The van der Waals surface area contributed by atoms with Gasteiger partial charge in [-0.3, -0.25) is 9.36 Å². The molecule has 2 aromatic rings. The molecule has 2 aliphatic rings. The van der Waals surface area contributed by atoms with Crippen molar-refractivity contribution >= 4 is 23.5 Å². The number of nitrogens with one attached hydrogen (secondary N) is 2. The van der Waals surface area contributed by atoms with Crippen molar-refractivity contribution < 1.29 is 4.79 Å². The second-order valence-electron chi connectivity index (χ2n) is 6.66. The van der Waals surface area contributed by atoms with Crippen LogP contribution < -0.4 is 11.0 Å². The summed E-state index contributed by atoms with van der Waals surface area (Å²) < 4.78 is 3.65. The molecule has 2 aromatic heterocycles. The van der Waals surface area contributed by atoms with Crippen LogP contribution >= 0.6 is 11.8 Å². The molecular weight excluding hydrogens is 340 g/mol. The first-order valence-electron chi connectivity index (χ1n) is 8.85. The van der Waals surface area contributed by atoms with Crippen LogP contribution in [0.3, 0.4) is 0 Å². The molecule has 25 heavy (non-hydrogen) atoms. The van der Waals surface area contributed by atoms with Gasteiger partial charge in [0.15, 0.2) is 5.16 Å². The van der Waals surface area contributed by atoms with Gasteiger partial charge in [-0.15, -0.1) is 5.10 Å². The highest BCUT2D eigenvalue weighted by molar-refractivity contribution is 7.99. The number of amides is 1. The van der Waals surface area contributed by atoms with Crippen molar-refractivity contribution in [1.29, 1.82) is 0 Å². The van der Waals surface area contributed by atoms with Gasteiger partial charge >= 0.3 is 5.69 Å². The maximum Gasteiger partial charge on any atom is 0.344 e. The van der Waals surface area contributed by atoms with Crippen molar-refractivity contribution in [3.63, 3.8) is 0 Å². The van der Waals surface area contributed by atoms with E-state index in [1.807, 2.05) is 10.7 Å². The lowest BCUT2D eigenvalue weighted by Gasteiger charge is -2.14. The van der Waals surface area contributed by atoms with Crippen LogP contribution in [-0.2, 0) is 4.79 Å². The minimum atomic E-state index is -0.157. The van der Waals surface area contributed by atoms with Gasteiger partial charge in [-0.05, 0) is 25.7 Å². The van der Waals surface area contributed by atoms with E-state index in [4.69, 9.17) is 0 Å². The zero-order chi connectivity index (χ0) is 17.2. The number of hydrogen-bond acceptors (Lipinski definition) is 5. The van der Waals surface area contributed by atoms with E-state index >= 15 is 0 Å². The quantitative estimate of drug-likeness (QED) is 0.737. The Kier molecular flexibility index (Phi) is 4.65. The van der Waals surface area contributed by atoms with E-state index in [2.05, 4.69) is 20.6 Å². The third-order valence-corrected chi connectivity index (χ3v) is 5.71. The first kappa shape index (κ1) is 16.4. The summed E-state index contributed by atoms with van der Waals surface area (Å²) in [5.74, 6) is 1.32. The number of nitrogens with zero attached hydrogens (tertiary/aromatic N) is 4. The molecule has 0 aromatic carbocycles. The lowest BCUT2D eigenvalue weighted by molar-refractivity contribution is -0.115. The number of aromatic nitrogens is 5. The van der Waals surface area contributed by atoms with Crippen LogP contribution in [0.5, 0.6) is 0 Å².